The van der Waals surface area contributed by atoms with Gasteiger partial charge in [-0.05, 0) is 29.6 Å². The van der Waals surface area contributed by atoms with E-state index in [0.717, 1.165) is 0 Å². The van der Waals surface area contributed by atoms with Gasteiger partial charge in [0.05, 0.1) is 11.7 Å². The Morgan fingerprint density at radius 1 is 1.29 bits per heavy atom. The molecular formula is C14H9ClN2O3S. The molecule has 0 saturated carbocycles. The van der Waals surface area contributed by atoms with Gasteiger partial charge in [-0.15, -0.1) is 11.3 Å². The number of primary amides is 1. The number of benzene rings is 1. The van der Waals surface area contributed by atoms with Crippen LogP contribution in [0.25, 0.3) is 10.9 Å². The second kappa shape index (κ2) is 5.23. The van der Waals surface area contributed by atoms with E-state index in [1.165, 1.54) is 22.1 Å². The number of nitrogens with two attached hydrogens (primary N) is 1. The van der Waals surface area contributed by atoms with Crippen molar-refractivity contribution in [2.75, 3.05) is 0 Å². The van der Waals surface area contributed by atoms with Crippen molar-refractivity contribution in [1.29, 1.82) is 0 Å². The average Bonchev–Trinajstić information content (AvgIpc) is 3.07. The standard InChI is InChI=1S/C14H9ClN2O3S/c15-8-3-4-10-9(6-8)11(7-17(10)14(16)19)20-13(18)12-2-1-5-21-12/h1-7H,(H2,16,19). The number of fused-ring (bicyclic) bond motifs is 1. The largest absolute Gasteiger partial charge is 0.420 e. The number of hydrogen-bond acceptors (Lipinski definition) is 4. The average molecular weight is 321 g/mol. The van der Waals surface area contributed by atoms with E-state index in [4.69, 9.17) is 22.1 Å². The van der Waals surface area contributed by atoms with Gasteiger partial charge in [0, 0.05) is 10.4 Å². The molecule has 5 nitrogen and oxygen atoms in total. The van der Waals surface area contributed by atoms with Crippen LogP contribution in [0.5, 0.6) is 5.75 Å². The van der Waals surface area contributed by atoms with E-state index in [1.54, 1.807) is 35.7 Å². The number of ether oxygens (including phenoxy) is 1. The summed E-state index contributed by atoms with van der Waals surface area (Å²) in [4.78, 5) is 23.9. The lowest BCUT2D eigenvalue weighted by Crippen LogP contribution is -2.18. The summed E-state index contributed by atoms with van der Waals surface area (Å²) >= 11 is 7.22. The van der Waals surface area contributed by atoms with Gasteiger partial charge in [0.15, 0.2) is 5.75 Å². The second-order valence-electron chi connectivity index (χ2n) is 4.23. The van der Waals surface area contributed by atoms with Gasteiger partial charge >= 0.3 is 12.0 Å². The molecule has 1 amide bonds. The summed E-state index contributed by atoms with van der Waals surface area (Å²) in [6.45, 7) is 0. The first-order valence-electron chi connectivity index (χ1n) is 5.92. The number of rotatable bonds is 2. The molecule has 2 N–H and O–H groups in total. The van der Waals surface area contributed by atoms with Gasteiger partial charge in [-0.25, -0.2) is 9.59 Å². The quantitative estimate of drug-likeness (QED) is 0.734. The van der Waals surface area contributed by atoms with Crippen molar-refractivity contribution in [2.24, 2.45) is 5.73 Å². The van der Waals surface area contributed by atoms with Gasteiger partial charge in [0.2, 0.25) is 0 Å². The van der Waals surface area contributed by atoms with E-state index in [0.29, 0.717) is 20.8 Å². The molecule has 3 aromatic rings. The van der Waals surface area contributed by atoms with Gasteiger partial charge in [0.25, 0.3) is 0 Å². The Morgan fingerprint density at radius 2 is 2.10 bits per heavy atom. The first-order valence-corrected chi connectivity index (χ1v) is 7.18. The maximum atomic E-state index is 12.0. The van der Waals surface area contributed by atoms with Crippen LogP contribution in [0, 0.1) is 0 Å². The van der Waals surface area contributed by atoms with Crippen LogP contribution in [0.4, 0.5) is 4.79 Å². The lowest BCUT2D eigenvalue weighted by molar-refractivity contribution is 0.0742. The fourth-order valence-corrected chi connectivity index (χ4v) is 2.75. The van der Waals surface area contributed by atoms with Crippen LogP contribution in [0.1, 0.15) is 9.67 Å². The summed E-state index contributed by atoms with van der Waals surface area (Å²) in [5.41, 5.74) is 5.84. The van der Waals surface area contributed by atoms with E-state index < -0.39 is 12.0 Å². The molecular weight excluding hydrogens is 312 g/mol. The molecule has 0 bridgehead atoms. The van der Waals surface area contributed by atoms with E-state index >= 15 is 0 Å². The topological polar surface area (TPSA) is 74.3 Å². The maximum absolute atomic E-state index is 12.0. The molecule has 0 aliphatic carbocycles. The van der Waals surface area contributed by atoms with Crippen molar-refractivity contribution in [3.8, 4) is 5.75 Å². The van der Waals surface area contributed by atoms with E-state index in [2.05, 4.69) is 0 Å². The van der Waals surface area contributed by atoms with E-state index in [9.17, 15) is 9.59 Å². The molecule has 1 aromatic carbocycles. The maximum Gasteiger partial charge on any atom is 0.353 e. The first-order chi connectivity index (χ1) is 10.1. The SMILES string of the molecule is NC(=O)n1cc(OC(=O)c2cccs2)c2cc(Cl)ccc21. The molecule has 0 spiro atoms. The van der Waals surface area contributed by atoms with Gasteiger partial charge in [0.1, 0.15) is 4.88 Å². The summed E-state index contributed by atoms with van der Waals surface area (Å²) < 4.78 is 6.55. The van der Waals surface area contributed by atoms with Crippen molar-refractivity contribution in [2.45, 2.75) is 0 Å². The zero-order chi connectivity index (χ0) is 15.0. The Morgan fingerprint density at radius 3 is 2.76 bits per heavy atom. The number of hydrogen-bond donors (Lipinski definition) is 1. The third-order valence-electron chi connectivity index (χ3n) is 2.89. The fourth-order valence-electron chi connectivity index (χ4n) is 1.98. The van der Waals surface area contributed by atoms with Crippen LogP contribution >= 0.6 is 22.9 Å². The van der Waals surface area contributed by atoms with Gasteiger partial charge in [-0.1, -0.05) is 17.7 Å². The number of amides is 1. The summed E-state index contributed by atoms with van der Waals surface area (Å²) in [6, 6.07) is 7.64. The zero-order valence-corrected chi connectivity index (χ0v) is 12.1. The number of esters is 1. The Balaban J connectivity index is 2.07. The number of carbonyl (C=O) groups is 2. The summed E-state index contributed by atoms with van der Waals surface area (Å²) in [6.07, 6.45) is 1.38. The Hall–Kier alpha value is -2.31. The Kier molecular flexibility index (Phi) is 3.40. The highest BCUT2D eigenvalue weighted by Crippen LogP contribution is 2.31. The highest BCUT2D eigenvalue weighted by Gasteiger charge is 2.17. The molecule has 0 fully saturated rings. The Labute approximate surface area is 128 Å². The molecule has 0 saturated heterocycles. The molecule has 2 heterocycles. The number of carbonyl (C=O) groups excluding carboxylic acids is 2. The molecule has 0 aliphatic heterocycles. The van der Waals surface area contributed by atoms with Crippen molar-refractivity contribution in [1.82, 2.24) is 4.57 Å². The van der Waals surface area contributed by atoms with Crippen LogP contribution in [-0.2, 0) is 0 Å². The highest BCUT2D eigenvalue weighted by molar-refractivity contribution is 7.12. The fraction of sp³-hybridized carbons (Fsp3) is 0. The van der Waals surface area contributed by atoms with Gasteiger partial charge < -0.3 is 10.5 Å². The van der Waals surface area contributed by atoms with Crippen molar-refractivity contribution in [3.63, 3.8) is 0 Å². The van der Waals surface area contributed by atoms with Crippen molar-refractivity contribution in [3.05, 3.63) is 51.8 Å². The molecule has 106 valence electrons. The van der Waals surface area contributed by atoms with Crippen LogP contribution in [-0.4, -0.2) is 16.6 Å². The smallest absolute Gasteiger partial charge is 0.353 e. The highest BCUT2D eigenvalue weighted by atomic mass is 35.5. The third-order valence-corrected chi connectivity index (χ3v) is 3.98. The van der Waals surface area contributed by atoms with Gasteiger partial charge in [-0.3, -0.25) is 4.57 Å². The third kappa shape index (κ3) is 2.51. The number of nitrogens with zero attached hydrogens (tertiary/aromatic N) is 1. The summed E-state index contributed by atoms with van der Waals surface area (Å²) in [5.74, 6) is -0.252. The van der Waals surface area contributed by atoms with E-state index in [-0.39, 0.29) is 5.75 Å². The van der Waals surface area contributed by atoms with Crippen LogP contribution in [0.3, 0.4) is 0 Å². The predicted molar refractivity (Wildman–Crippen MR) is 81.2 cm³/mol. The van der Waals surface area contributed by atoms with Crippen molar-refractivity contribution < 1.29 is 14.3 Å². The normalized spacial score (nSPS) is 10.7. The van der Waals surface area contributed by atoms with Crippen LogP contribution in [0.15, 0.2) is 41.9 Å². The number of aromatic nitrogens is 1. The van der Waals surface area contributed by atoms with Crippen LogP contribution < -0.4 is 10.5 Å². The molecule has 7 heteroatoms. The first kappa shape index (κ1) is 13.7. The lowest BCUT2D eigenvalue weighted by atomic mass is 10.2. The summed E-state index contributed by atoms with van der Waals surface area (Å²) in [5, 5.41) is 2.80. The molecule has 21 heavy (non-hydrogen) atoms. The van der Waals surface area contributed by atoms with Crippen LogP contribution in [0.2, 0.25) is 5.02 Å². The van der Waals surface area contributed by atoms with Crippen molar-refractivity contribution >= 4 is 45.8 Å². The van der Waals surface area contributed by atoms with Gasteiger partial charge in [-0.2, -0.15) is 0 Å². The number of halogens is 1. The molecule has 0 unspecified atom stereocenters. The Bertz CT molecular complexity index is 839. The van der Waals surface area contributed by atoms with E-state index in [1.807, 2.05) is 0 Å². The minimum Gasteiger partial charge on any atom is -0.420 e. The zero-order valence-electron chi connectivity index (χ0n) is 10.6. The minimum atomic E-state index is -0.666. The lowest BCUT2D eigenvalue weighted by Gasteiger charge is -2.00. The molecule has 0 atom stereocenters. The molecule has 2 aromatic heterocycles. The molecule has 0 aliphatic rings. The molecule has 3 rings (SSSR count). The monoisotopic (exact) mass is 320 g/mol. The predicted octanol–water partition coefficient (Wildman–Crippen LogP) is 3.50. The summed E-state index contributed by atoms with van der Waals surface area (Å²) in [7, 11) is 0. The minimum absolute atomic E-state index is 0.240. The number of thiophene rings is 1. The molecule has 0 radical (unpaired) electrons. The second-order valence-corrected chi connectivity index (χ2v) is 5.61.